The van der Waals surface area contributed by atoms with Crippen LogP contribution in [0.2, 0.25) is 0 Å². The van der Waals surface area contributed by atoms with E-state index in [1.807, 2.05) is 6.07 Å². The normalized spacial score (nSPS) is 35.0. The zero-order valence-electron chi connectivity index (χ0n) is 18.4. The maximum Gasteiger partial charge on any atom is 0.328 e. The Bertz CT molecular complexity index is 891. The number of hydrogen-bond donors (Lipinski definition) is 1. The quantitative estimate of drug-likeness (QED) is 0.771. The van der Waals surface area contributed by atoms with Crippen LogP contribution in [0.5, 0.6) is 11.5 Å². The number of aryl methyl sites for hydroxylation is 1. The van der Waals surface area contributed by atoms with Gasteiger partial charge in [0.2, 0.25) is 0 Å². The fourth-order valence-electron chi connectivity index (χ4n) is 6.23. The lowest BCUT2D eigenvalue weighted by Crippen LogP contribution is -2.60. The minimum absolute atomic E-state index is 0.184. The molecule has 1 aromatic rings. The molecule has 162 valence electrons. The number of rotatable bonds is 3. The fraction of sp³-hybridized carbons (Fsp3) is 0.625. The molecule has 4 unspecified atom stereocenters. The van der Waals surface area contributed by atoms with Gasteiger partial charge in [0.1, 0.15) is 11.8 Å². The Kier molecular flexibility index (Phi) is 4.82. The lowest BCUT2D eigenvalue weighted by Gasteiger charge is -2.53. The zero-order chi connectivity index (χ0) is 21.0. The average Bonchev–Trinajstić information content (AvgIpc) is 3.39. The standard InChI is InChI=1S/C24H32N2O4/c1-14-7-9-18(28-4)21-20(14)24-11-13-26(3)15(2)16(24)8-10-19(22(24)30-21)29-23(27)17-6-5-12-25-17/h7,9-10,15-17,22,25H,5-6,8,11-13H2,1-4H3/t15?,16?,17?,22-,24?/m0/s1. The molecular formula is C24H32N2O4. The van der Waals surface area contributed by atoms with Gasteiger partial charge in [0.25, 0.3) is 0 Å². The van der Waals surface area contributed by atoms with Crippen LogP contribution in [0.4, 0.5) is 0 Å². The second-order valence-corrected chi connectivity index (χ2v) is 9.32. The molecule has 3 heterocycles. The summed E-state index contributed by atoms with van der Waals surface area (Å²) in [5.41, 5.74) is 2.27. The number of fused-ring (bicyclic) bond motifs is 1. The summed E-state index contributed by atoms with van der Waals surface area (Å²) in [5.74, 6) is 2.47. The number of carbonyl (C=O) groups is 1. The number of piperidine rings is 1. The van der Waals surface area contributed by atoms with Gasteiger partial charge in [0.05, 0.1) is 7.11 Å². The molecule has 6 heteroatoms. The molecule has 2 saturated heterocycles. The van der Waals surface area contributed by atoms with E-state index in [9.17, 15) is 4.79 Å². The molecule has 5 atom stereocenters. The highest BCUT2D eigenvalue weighted by Gasteiger charge is 2.62. The Morgan fingerprint density at radius 2 is 2.20 bits per heavy atom. The van der Waals surface area contributed by atoms with Crippen molar-refractivity contribution >= 4 is 5.97 Å². The summed E-state index contributed by atoms with van der Waals surface area (Å²) in [7, 11) is 3.89. The number of benzene rings is 1. The third-order valence-corrected chi connectivity index (χ3v) is 7.93. The van der Waals surface area contributed by atoms with Gasteiger partial charge in [-0.15, -0.1) is 0 Å². The molecule has 3 aliphatic heterocycles. The van der Waals surface area contributed by atoms with E-state index in [2.05, 4.69) is 43.3 Å². The predicted octanol–water partition coefficient (Wildman–Crippen LogP) is 2.93. The van der Waals surface area contributed by atoms with Crippen LogP contribution >= 0.6 is 0 Å². The summed E-state index contributed by atoms with van der Waals surface area (Å²) in [5, 5.41) is 3.25. The van der Waals surface area contributed by atoms with Gasteiger partial charge in [-0.2, -0.15) is 0 Å². The van der Waals surface area contributed by atoms with Gasteiger partial charge in [-0.25, -0.2) is 4.79 Å². The Balaban J connectivity index is 1.59. The van der Waals surface area contributed by atoms with Gasteiger partial charge in [-0.1, -0.05) is 6.07 Å². The van der Waals surface area contributed by atoms with E-state index in [1.54, 1.807) is 7.11 Å². The molecule has 5 rings (SSSR count). The van der Waals surface area contributed by atoms with Gasteiger partial charge >= 0.3 is 5.97 Å². The van der Waals surface area contributed by atoms with E-state index >= 15 is 0 Å². The molecule has 0 saturated carbocycles. The molecule has 0 bridgehead atoms. The molecule has 1 N–H and O–H groups in total. The Morgan fingerprint density at radius 3 is 2.93 bits per heavy atom. The van der Waals surface area contributed by atoms with E-state index in [0.717, 1.165) is 50.3 Å². The number of esters is 1. The zero-order valence-corrected chi connectivity index (χ0v) is 18.4. The monoisotopic (exact) mass is 412 g/mol. The molecule has 0 radical (unpaired) electrons. The summed E-state index contributed by atoms with van der Waals surface area (Å²) in [4.78, 5) is 15.3. The Morgan fingerprint density at radius 1 is 1.37 bits per heavy atom. The molecule has 6 nitrogen and oxygen atoms in total. The number of nitrogens with one attached hydrogen (secondary N) is 1. The third-order valence-electron chi connectivity index (χ3n) is 7.93. The first-order valence-corrected chi connectivity index (χ1v) is 11.2. The number of carbonyl (C=O) groups excluding carboxylic acids is 1. The fourth-order valence-corrected chi connectivity index (χ4v) is 6.23. The van der Waals surface area contributed by atoms with E-state index in [-0.39, 0.29) is 23.5 Å². The van der Waals surface area contributed by atoms with Gasteiger partial charge in [0, 0.05) is 17.0 Å². The molecule has 0 aromatic heterocycles. The van der Waals surface area contributed by atoms with Gasteiger partial charge < -0.3 is 24.4 Å². The molecular weight excluding hydrogens is 380 g/mol. The van der Waals surface area contributed by atoms with Gasteiger partial charge in [-0.3, -0.25) is 0 Å². The van der Waals surface area contributed by atoms with Crippen molar-refractivity contribution in [1.82, 2.24) is 10.2 Å². The Hall–Kier alpha value is -2.05. The molecule has 0 amide bonds. The van der Waals surface area contributed by atoms with Crippen molar-refractivity contribution in [3.8, 4) is 11.5 Å². The number of nitrogens with zero attached hydrogens (tertiary/aromatic N) is 1. The summed E-state index contributed by atoms with van der Waals surface area (Å²) < 4.78 is 18.3. The number of hydrogen-bond acceptors (Lipinski definition) is 6. The van der Waals surface area contributed by atoms with Crippen molar-refractivity contribution in [2.24, 2.45) is 5.92 Å². The van der Waals surface area contributed by atoms with Crippen molar-refractivity contribution in [2.75, 3.05) is 27.2 Å². The van der Waals surface area contributed by atoms with E-state index in [0.29, 0.717) is 17.7 Å². The third kappa shape index (κ3) is 2.73. The van der Waals surface area contributed by atoms with Crippen molar-refractivity contribution in [1.29, 1.82) is 0 Å². The number of likely N-dealkylation sites (tertiary alicyclic amines) is 1. The van der Waals surface area contributed by atoms with E-state index in [4.69, 9.17) is 14.2 Å². The van der Waals surface area contributed by atoms with E-state index in [1.165, 1.54) is 11.1 Å². The minimum atomic E-state index is -0.289. The molecule has 30 heavy (non-hydrogen) atoms. The number of methoxy groups -OCH3 is 1. The van der Waals surface area contributed by atoms with Crippen LogP contribution in [0.3, 0.4) is 0 Å². The van der Waals surface area contributed by atoms with Crippen LogP contribution in [0.1, 0.15) is 43.7 Å². The predicted molar refractivity (Wildman–Crippen MR) is 114 cm³/mol. The van der Waals surface area contributed by atoms with E-state index < -0.39 is 0 Å². The average molecular weight is 413 g/mol. The lowest BCUT2D eigenvalue weighted by molar-refractivity contribution is -0.144. The topological polar surface area (TPSA) is 60.0 Å². The van der Waals surface area contributed by atoms with Crippen LogP contribution in [0.15, 0.2) is 24.0 Å². The highest BCUT2D eigenvalue weighted by Crippen LogP contribution is 2.61. The highest BCUT2D eigenvalue weighted by atomic mass is 16.6. The highest BCUT2D eigenvalue weighted by molar-refractivity contribution is 5.77. The van der Waals surface area contributed by atoms with Gasteiger partial charge in [-0.05, 0) is 83.3 Å². The first-order chi connectivity index (χ1) is 14.5. The lowest BCUT2D eigenvalue weighted by atomic mass is 9.57. The molecule has 1 aliphatic carbocycles. The molecule has 1 spiro atoms. The van der Waals surface area contributed by atoms with Crippen molar-refractivity contribution in [3.63, 3.8) is 0 Å². The number of allylic oxidation sites excluding steroid dienone is 1. The van der Waals surface area contributed by atoms with Crippen LogP contribution in [0, 0.1) is 12.8 Å². The van der Waals surface area contributed by atoms with Crippen molar-refractivity contribution < 1.29 is 19.0 Å². The van der Waals surface area contributed by atoms with Crippen molar-refractivity contribution in [2.45, 2.75) is 63.1 Å². The first kappa shape index (κ1) is 19.9. The summed E-state index contributed by atoms with van der Waals surface area (Å²) in [6.45, 7) is 6.32. The maximum absolute atomic E-state index is 12.8. The first-order valence-electron chi connectivity index (χ1n) is 11.2. The Labute approximate surface area is 178 Å². The van der Waals surface area contributed by atoms with Crippen LogP contribution in [-0.2, 0) is 14.9 Å². The summed E-state index contributed by atoms with van der Waals surface area (Å²) in [6.07, 6.45) is 5.51. The SMILES string of the molecule is COc1ccc(C)c2c1O[C@H]1C(OC(=O)C3CCCN3)=CCC3C(C)N(C)CCC231. The molecule has 2 fully saturated rings. The van der Waals surface area contributed by atoms with Crippen LogP contribution < -0.4 is 14.8 Å². The maximum atomic E-state index is 12.8. The largest absolute Gasteiger partial charge is 0.493 e. The molecule has 4 aliphatic rings. The van der Waals surface area contributed by atoms with Crippen LogP contribution in [0.25, 0.3) is 0 Å². The second kappa shape index (κ2) is 7.27. The molecule has 1 aromatic carbocycles. The second-order valence-electron chi connectivity index (χ2n) is 9.32. The van der Waals surface area contributed by atoms with Crippen LogP contribution in [-0.4, -0.2) is 56.3 Å². The van der Waals surface area contributed by atoms with Crippen molar-refractivity contribution in [3.05, 3.63) is 35.1 Å². The minimum Gasteiger partial charge on any atom is -0.493 e. The smallest absolute Gasteiger partial charge is 0.328 e. The van der Waals surface area contributed by atoms with Gasteiger partial charge in [0.15, 0.2) is 17.6 Å². The summed E-state index contributed by atoms with van der Waals surface area (Å²) in [6, 6.07) is 4.31. The number of ether oxygens (including phenoxy) is 3. The summed E-state index contributed by atoms with van der Waals surface area (Å²) >= 11 is 0.